The van der Waals surface area contributed by atoms with Crippen LogP contribution in [0.3, 0.4) is 0 Å². The van der Waals surface area contributed by atoms with Crippen LogP contribution >= 0.6 is 23.2 Å². The van der Waals surface area contributed by atoms with Crippen LogP contribution in [0.2, 0.25) is 0 Å². The molecule has 0 radical (unpaired) electrons. The van der Waals surface area contributed by atoms with Crippen molar-refractivity contribution in [3.05, 3.63) is 42.7 Å². The first kappa shape index (κ1) is 22.7. The molecule has 2 aliphatic carbocycles. The van der Waals surface area contributed by atoms with Gasteiger partial charge in [-0.05, 0) is 51.7 Å². The normalized spacial score (nSPS) is 31.2. The fourth-order valence-corrected chi connectivity index (χ4v) is 7.75. The summed E-state index contributed by atoms with van der Waals surface area (Å²) in [4.78, 5) is 0. The minimum absolute atomic E-state index is 0. The van der Waals surface area contributed by atoms with E-state index >= 15 is 0 Å². The predicted octanol–water partition coefficient (Wildman–Crippen LogP) is 6.59. The van der Waals surface area contributed by atoms with Crippen LogP contribution < -0.4 is 0 Å². The second-order valence-corrected chi connectivity index (χ2v) is 10.2. The maximum Gasteiger partial charge on any atom is 0.0882 e. The van der Waals surface area contributed by atoms with Crippen molar-refractivity contribution < 1.29 is 26.2 Å². The van der Waals surface area contributed by atoms with E-state index in [0.29, 0.717) is 0 Å². The molecule has 2 atom stereocenters. The molecule has 0 nitrogen and oxygen atoms in total. The van der Waals surface area contributed by atoms with Crippen LogP contribution in [0.5, 0.6) is 0 Å². The zero-order valence-corrected chi connectivity index (χ0v) is 21.8. The predicted molar refractivity (Wildman–Crippen MR) is 108 cm³/mol. The van der Waals surface area contributed by atoms with Gasteiger partial charge in [-0.25, -0.2) is 0 Å². The van der Waals surface area contributed by atoms with Crippen LogP contribution in [0.25, 0.3) is 0 Å². The largest absolute Gasteiger partial charge is 0.0882 e. The molecule has 0 spiro atoms. The molecule has 2 unspecified atom stereocenters. The van der Waals surface area contributed by atoms with Gasteiger partial charge in [0.2, 0.25) is 0 Å². The maximum absolute atomic E-state index is 6.74. The molecule has 0 amide bonds. The molecule has 0 saturated heterocycles. The summed E-state index contributed by atoms with van der Waals surface area (Å²) in [5, 5.41) is 5.22. The van der Waals surface area contributed by atoms with Crippen LogP contribution in [-0.4, -0.2) is 9.52 Å². The molecule has 0 bridgehead atoms. The van der Waals surface area contributed by atoms with E-state index in [-0.39, 0.29) is 37.0 Å². The number of hydrogen-bond acceptors (Lipinski definition) is 0. The van der Waals surface area contributed by atoms with Crippen molar-refractivity contribution in [1.29, 1.82) is 0 Å². The molecular weight excluding hydrogens is 430 g/mol. The Kier molecular flexibility index (Phi) is 7.29. The Bertz CT molecular complexity index is 626. The molecule has 2 aliphatic rings. The molecule has 24 heavy (non-hydrogen) atoms. The third kappa shape index (κ3) is 3.08. The second-order valence-electron chi connectivity index (χ2n) is 7.63. The van der Waals surface area contributed by atoms with Gasteiger partial charge in [-0.2, -0.15) is 0 Å². The molecular formula is C20H30Cl2SiZr. The summed E-state index contributed by atoms with van der Waals surface area (Å²) in [7, 11) is -0.571. The third-order valence-electron chi connectivity index (χ3n) is 6.86. The van der Waals surface area contributed by atoms with Gasteiger partial charge in [-0.15, -0.1) is 0 Å². The Morgan fingerprint density at radius 2 is 1.04 bits per heavy atom. The SMILES string of the molecule is CCC1(C)C(C)=C([SiH2]C2=C(C)C(C)(CC)C(Cl)=C2C)C(C)=C1Cl.[Zr]. The summed E-state index contributed by atoms with van der Waals surface area (Å²) >= 11 is 13.5. The minimum Gasteiger partial charge on any atom is -0.0879 e. The van der Waals surface area contributed by atoms with Crippen LogP contribution in [0.1, 0.15) is 68.2 Å². The van der Waals surface area contributed by atoms with E-state index in [4.69, 9.17) is 23.2 Å². The Balaban J connectivity index is 0.00000288. The number of hydrogen-bond donors (Lipinski definition) is 0. The van der Waals surface area contributed by atoms with E-state index in [2.05, 4.69) is 55.4 Å². The van der Waals surface area contributed by atoms with Gasteiger partial charge in [0.25, 0.3) is 0 Å². The zero-order chi connectivity index (χ0) is 17.7. The molecule has 2 rings (SSSR count). The van der Waals surface area contributed by atoms with Crippen molar-refractivity contribution in [3.8, 4) is 0 Å². The Hall–Kier alpha value is 0.640. The summed E-state index contributed by atoms with van der Waals surface area (Å²) in [6, 6.07) is 0. The quantitative estimate of drug-likeness (QED) is 0.415. The Morgan fingerprint density at radius 3 is 1.25 bits per heavy atom. The Labute approximate surface area is 179 Å². The average molecular weight is 461 g/mol. The number of rotatable bonds is 4. The van der Waals surface area contributed by atoms with Crippen molar-refractivity contribution in [2.24, 2.45) is 10.8 Å². The summed E-state index contributed by atoms with van der Waals surface area (Å²) in [6.45, 7) is 18.0. The molecule has 0 aromatic rings. The summed E-state index contributed by atoms with van der Waals surface area (Å²) in [5.41, 5.74) is 5.71. The minimum atomic E-state index is -0.571. The molecule has 0 heterocycles. The number of allylic oxidation sites excluding steroid dienone is 8. The van der Waals surface area contributed by atoms with Gasteiger partial charge in [0.05, 0.1) is 9.52 Å². The molecule has 0 aromatic heterocycles. The first-order valence-electron chi connectivity index (χ1n) is 8.71. The third-order valence-corrected chi connectivity index (χ3v) is 11.1. The maximum atomic E-state index is 6.74. The van der Waals surface area contributed by atoms with E-state index in [0.717, 1.165) is 22.9 Å². The molecule has 132 valence electrons. The van der Waals surface area contributed by atoms with Gasteiger partial charge in [-0.1, -0.05) is 72.4 Å². The van der Waals surface area contributed by atoms with Gasteiger partial charge in [0, 0.05) is 47.1 Å². The monoisotopic (exact) mass is 458 g/mol. The van der Waals surface area contributed by atoms with Crippen molar-refractivity contribution in [1.82, 2.24) is 0 Å². The van der Waals surface area contributed by atoms with Gasteiger partial charge < -0.3 is 0 Å². The van der Waals surface area contributed by atoms with Crippen molar-refractivity contribution >= 4 is 32.7 Å². The van der Waals surface area contributed by atoms with Gasteiger partial charge in [0.15, 0.2) is 0 Å². The fraction of sp³-hybridized carbons (Fsp3) is 0.600. The first-order chi connectivity index (χ1) is 10.6. The topological polar surface area (TPSA) is 0 Å². The van der Waals surface area contributed by atoms with Gasteiger partial charge >= 0.3 is 0 Å². The fourth-order valence-electron chi connectivity index (χ4n) is 4.20. The molecule has 0 aromatic carbocycles. The first-order valence-corrected chi connectivity index (χ1v) is 10.9. The molecule has 0 aliphatic heterocycles. The molecule has 0 saturated carbocycles. The van der Waals surface area contributed by atoms with E-state index < -0.39 is 9.52 Å². The van der Waals surface area contributed by atoms with Crippen LogP contribution in [-0.2, 0) is 26.2 Å². The van der Waals surface area contributed by atoms with Crippen LogP contribution in [0.4, 0.5) is 0 Å². The smallest absolute Gasteiger partial charge is 0.0879 e. The zero-order valence-electron chi connectivity index (χ0n) is 16.4. The second kappa shape index (κ2) is 7.71. The number of halogens is 2. The average Bonchev–Trinajstić information content (AvgIpc) is 2.81. The van der Waals surface area contributed by atoms with Crippen molar-refractivity contribution in [2.75, 3.05) is 0 Å². The summed E-state index contributed by atoms with van der Waals surface area (Å²) < 4.78 is 0. The molecule has 0 fully saturated rings. The van der Waals surface area contributed by atoms with Crippen LogP contribution in [0, 0.1) is 10.8 Å². The van der Waals surface area contributed by atoms with E-state index in [1.54, 1.807) is 10.4 Å². The summed E-state index contributed by atoms with van der Waals surface area (Å²) in [5.74, 6) is 0. The van der Waals surface area contributed by atoms with Gasteiger partial charge in [0.1, 0.15) is 0 Å². The van der Waals surface area contributed by atoms with Gasteiger partial charge in [-0.3, -0.25) is 0 Å². The summed E-state index contributed by atoms with van der Waals surface area (Å²) in [6.07, 6.45) is 2.13. The Morgan fingerprint density at radius 1 is 0.750 bits per heavy atom. The van der Waals surface area contributed by atoms with E-state index in [9.17, 15) is 0 Å². The molecule has 4 heteroatoms. The van der Waals surface area contributed by atoms with Crippen molar-refractivity contribution in [3.63, 3.8) is 0 Å². The van der Waals surface area contributed by atoms with Crippen molar-refractivity contribution in [2.45, 2.75) is 68.2 Å². The van der Waals surface area contributed by atoms with Crippen LogP contribution in [0.15, 0.2) is 42.7 Å². The molecule has 0 N–H and O–H groups in total. The van der Waals surface area contributed by atoms with E-state index in [1.165, 1.54) is 22.3 Å². The van der Waals surface area contributed by atoms with E-state index in [1.807, 2.05) is 0 Å². The standard InChI is InChI=1S/C20H30Cl2Si.Zr/c1-9-19(7)13(5)15(11(3)17(19)21)23-16-12(4)18(22)20(8,10-2)14(16)6;/h9-10,23H2,1-8H3;.